The molecule has 160 valence electrons. The highest BCUT2D eigenvalue weighted by Crippen LogP contribution is 2.32. The lowest BCUT2D eigenvalue weighted by Crippen LogP contribution is -2.39. The highest BCUT2D eigenvalue weighted by atomic mass is 35.5. The number of aliphatic hydroxyl groups is 1. The fraction of sp³-hybridized carbons (Fsp3) is 0.333. The first-order valence-corrected chi connectivity index (χ1v) is 11.0. The molecule has 0 unspecified atom stereocenters. The normalized spacial score (nSPS) is 20.9. The molecule has 0 amide bonds. The molecule has 1 saturated heterocycles. The Kier molecular flexibility index (Phi) is 5.76. The second-order valence-electron chi connectivity index (χ2n) is 8.05. The van der Waals surface area contributed by atoms with Gasteiger partial charge in [-0.15, -0.1) is 0 Å². The lowest BCUT2D eigenvalue weighted by molar-refractivity contribution is 0.0396. The van der Waals surface area contributed by atoms with Gasteiger partial charge >= 0.3 is 0 Å². The summed E-state index contributed by atoms with van der Waals surface area (Å²) in [5.74, 6) is 1.59. The molecule has 0 radical (unpaired) electrons. The number of hydrogen-bond acceptors (Lipinski definition) is 6. The van der Waals surface area contributed by atoms with Gasteiger partial charge in [0.15, 0.2) is 0 Å². The van der Waals surface area contributed by atoms with E-state index >= 15 is 0 Å². The molecule has 5 rings (SSSR count). The van der Waals surface area contributed by atoms with Crippen LogP contribution >= 0.6 is 11.6 Å². The third kappa shape index (κ3) is 4.37. The number of fused-ring (bicyclic) bond motifs is 1. The average Bonchev–Trinajstić information content (AvgIpc) is 2.80. The maximum atomic E-state index is 10.1. The molecule has 7 heteroatoms. The summed E-state index contributed by atoms with van der Waals surface area (Å²) >= 11 is 6.38. The van der Waals surface area contributed by atoms with E-state index in [-0.39, 0.29) is 12.2 Å². The fourth-order valence-electron chi connectivity index (χ4n) is 4.39. The molecule has 0 bridgehead atoms. The van der Waals surface area contributed by atoms with E-state index in [1.165, 1.54) is 11.1 Å². The van der Waals surface area contributed by atoms with Gasteiger partial charge in [0.25, 0.3) is 0 Å². The van der Waals surface area contributed by atoms with Crippen LogP contribution < -0.4 is 10.2 Å². The summed E-state index contributed by atoms with van der Waals surface area (Å²) in [6, 6.07) is 16.0. The maximum absolute atomic E-state index is 10.1. The molecular weight excluding hydrogens is 412 g/mol. The van der Waals surface area contributed by atoms with E-state index < -0.39 is 0 Å². The Bertz CT molecular complexity index is 1080. The molecule has 2 N–H and O–H groups in total. The smallest absolute Gasteiger partial charge is 0.135 e. The summed E-state index contributed by atoms with van der Waals surface area (Å²) in [4.78, 5) is 11.1. The molecule has 2 atom stereocenters. The van der Waals surface area contributed by atoms with Crippen molar-refractivity contribution < 1.29 is 9.84 Å². The summed E-state index contributed by atoms with van der Waals surface area (Å²) in [5.41, 5.74) is 4.46. The predicted octanol–water partition coefficient (Wildman–Crippen LogP) is 4.30. The molecule has 0 saturated carbocycles. The number of nitrogens with zero attached hydrogens (tertiary/aromatic N) is 3. The highest BCUT2D eigenvalue weighted by Gasteiger charge is 2.25. The molecule has 1 aliphatic carbocycles. The van der Waals surface area contributed by atoms with Gasteiger partial charge in [-0.1, -0.05) is 41.9 Å². The van der Waals surface area contributed by atoms with Crippen molar-refractivity contribution in [1.29, 1.82) is 0 Å². The first kappa shape index (κ1) is 20.2. The number of halogens is 1. The van der Waals surface area contributed by atoms with E-state index in [0.29, 0.717) is 19.6 Å². The Morgan fingerprint density at radius 3 is 2.94 bits per heavy atom. The van der Waals surface area contributed by atoms with Gasteiger partial charge in [0.1, 0.15) is 24.1 Å². The van der Waals surface area contributed by atoms with E-state index in [1.807, 2.05) is 36.4 Å². The van der Waals surface area contributed by atoms with Crippen molar-refractivity contribution in [3.05, 3.63) is 76.6 Å². The molecule has 31 heavy (non-hydrogen) atoms. The van der Waals surface area contributed by atoms with Crippen LogP contribution in [0.1, 0.15) is 29.2 Å². The van der Waals surface area contributed by atoms with E-state index in [2.05, 4.69) is 32.3 Å². The molecule has 1 aromatic heterocycles. The van der Waals surface area contributed by atoms with Gasteiger partial charge in [0, 0.05) is 41.9 Å². The van der Waals surface area contributed by atoms with Crippen molar-refractivity contribution in [2.75, 3.05) is 29.9 Å². The molecule has 2 heterocycles. The topological polar surface area (TPSA) is 70.5 Å². The summed E-state index contributed by atoms with van der Waals surface area (Å²) in [5, 5.41) is 14.3. The zero-order valence-corrected chi connectivity index (χ0v) is 17.9. The van der Waals surface area contributed by atoms with Crippen LogP contribution in [0.2, 0.25) is 5.02 Å². The number of anilines is 3. The molecule has 6 nitrogen and oxygen atoms in total. The summed E-state index contributed by atoms with van der Waals surface area (Å²) in [6.45, 7) is 2.03. The van der Waals surface area contributed by atoms with Crippen LogP contribution in [0.3, 0.4) is 0 Å². The monoisotopic (exact) mass is 436 g/mol. The van der Waals surface area contributed by atoms with E-state index in [9.17, 15) is 5.11 Å². The number of benzene rings is 2. The highest BCUT2D eigenvalue weighted by molar-refractivity contribution is 6.31. The number of morpholine rings is 1. The maximum Gasteiger partial charge on any atom is 0.135 e. The van der Waals surface area contributed by atoms with E-state index in [1.54, 1.807) is 6.33 Å². The average molecular weight is 437 g/mol. The van der Waals surface area contributed by atoms with Crippen LogP contribution in [-0.4, -0.2) is 40.9 Å². The van der Waals surface area contributed by atoms with Gasteiger partial charge < -0.3 is 20.1 Å². The first-order chi connectivity index (χ1) is 15.2. The van der Waals surface area contributed by atoms with Gasteiger partial charge in [0.2, 0.25) is 0 Å². The Balaban J connectivity index is 1.36. The van der Waals surface area contributed by atoms with Crippen LogP contribution in [0.25, 0.3) is 0 Å². The lowest BCUT2D eigenvalue weighted by Gasteiger charge is -2.34. The number of rotatable bonds is 4. The van der Waals surface area contributed by atoms with Gasteiger partial charge in [-0.3, -0.25) is 0 Å². The third-order valence-corrected chi connectivity index (χ3v) is 6.36. The minimum absolute atomic E-state index is 0.101. The second-order valence-corrected chi connectivity index (χ2v) is 8.46. The molecule has 3 aromatic rings. The Hall–Kier alpha value is -2.67. The molecule has 1 aliphatic heterocycles. The largest absolute Gasteiger partial charge is 0.393 e. The predicted molar refractivity (Wildman–Crippen MR) is 122 cm³/mol. The Morgan fingerprint density at radius 1 is 1.13 bits per heavy atom. The van der Waals surface area contributed by atoms with Gasteiger partial charge in [0.05, 0.1) is 12.7 Å². The first-order valence-electron chi connectivity index (χ1n) is 10.7. The van der Waals surface area contributed by atoms with Crippen LogP contribution in [0, 0.1) is 0 Å². The van der Waals surface area contributed by atoms with Crippen LogP contribution in [0.15, 0.2) is 54.9 Å². The standard InChI is InChI=1S/C24H25ClN4O2/c25-20-6-2-1-5-18(20)22-14-29(10-11-31-22)24-13-23(26-15-27-24)28-21-7-3-4-16-8-9-17(30)12-19(16)21/h1-7,13,15,17,22,30H,8-12,14H2,(H,26,27,28)/t17-,22+/m1/s1. The number of nitrogens with one attached hydrogen (secondary N) is 1. The Labute approximate surface area is 186 Å². The van der Waals surface area contributed by atoms with Gasteiger partial charge in [-0.25, -0.2) is 9.97 Å². The van der Waals surface area contributed by atoms with Crippen molar-refractivity contribution >= 4 is 28.9 Å². The number of aromatic nitrogens is 2. The zero-order chi connectivity index (χ0) is 21.2. The van der Waals surface area contributed by atoms with Gasteiger partial charge in [-0.05, 0) is 36.1 Å². The van der Waals surface area contributed by atoms with Crippen LogP contribution in [0.4, 0.5) is 17.3 Å². The van der Waals surface area contributed by atoms with E-state index in [4.69, 9.17) is 16.3 Å². The van der Waals surface area contributed by atoms with Crippen molar-refractivity contribution in [2.45, 2.75) is 31.5 Å². The van der Waals surface area contributed by atoms with Crippen molar-refractivity contribution in [1.82, 2.24) is 9.97 Å². The van der Waals surface area contributed by atoms with Crippen LogP contribution in [0.5, 0.6) is 0 Å². The number of aryl methyl sites for hydroxylation is 1. The van der Waals surface area contributed by atoms with Crippen molar-refractivity contribution in [3.8, 4) is 0 Å². The third-order valence-electron chi connectivity index (χ3n) is 6.02. The molecule has 0 spiro atoms. The zero-order valence-electron chi connectivity index (χ0n) is 17.2. The van der Waals surface area contributed by atoms with Crippen molar-refractivity contribution in [3.63, 3.8) is 0 Å². The minimum Gasteiger partial charge on any atom is -0.393 e. The molecule has 2 aliphatic rings. The van der Waals surface area contributed by atoms with Crippen LogP contribution in [-0.2, 0) is 17.6 Å². The van der Waals surface area contributed by atoms with Crippen molar-refractivity contribution in [2.24, 2.45) is 0 Å². The summed E-state index contributed by atoms with van der Waals surface area (Å²) in [7, 11) is 0. The molecule has 2 aromatic carbocycles. The number of ether oxygens (including phenoxy) is 1. The summed E-state index contributed by atoms with van der Waals surface area (Å²) in [6.07, 6.45) is 3.58. The van der Waals surface area contributed by atoms with E-state index in [0.717, 1.165) is 47.3 Å². The lowest BCUT2D eigenvalue weighted by atomic mass is 9.88. The molecular formula is C24H25ClN4O2. The minimum atomic E-state index is -0.286. The second kappa shape index (κ2) is 8.83. The Morgan fingerprint density at radius 2 is 2.03 bits per heavy atom. The fourth-order valence-corrected chi connectivity index (χ4v) is 4.65. The van der Waals surface area contributed by atoms with Gasteiger partial charge in [-0.2, -0.15) is 0 Å². The summed E-state index contributed by atoms with van der Waals surface area (Å²) < 4.78 is 5.99. The SMILES string of the molecule is O[C@@H]1CCc2cccc(Nc3cc(N4CCO[C@H](c5ccccc5Cl)C4)ncn3)c2C1. The molecule has 1 fully saturated rings. The quantitative estimate of drug-likeness (QED) is 0.635. The number of hydrogen-bond donors (Lipinski definition) is 2. The number of aliphatic hydroxyl groups excluding tert-OH is 1.